The Kier molecular flexibility index (Phi) is 7.18. The van der Waals surface area contributed by atoms with Crippen LogP contribution in [0.2, 0.25) is 0 Å². The van der Waals surface area contributed by atoms with Crippen LogP contribution < -0.4 is 0 Å². The van der Waals surface area contributed by atoms with E-state index in [4.69, 9.17) is 10.1 Å². The van der Waals surface area contributed by atoms with Crippen molar-refractivity contribution in [3.8, 4) is 11.3 Å². The summed E-state index contributed by atoms with van der Waals surface area (Å²) in [4.78, 5) is 23.4. The summed E-state index contributed by atoms with van der Waals surface area (Å²) in [5.41, 5.74) is 5.99. The van der Waals surface area contributed by atoms with E-state index in [1.165, 1.54) is 11.1 Å². The van der Waals surface area contributed by atoms with Gasteiger partial charge in [0.1, 0.15) is 0 Å². The summed E-state index contributed by atoms with van der Waals surface area (Å²) in [6, 6.07) is 20.3. The SMILES string of the molecule is CCc1ccc(-c2cc(C(=O)N3CCN(Cc4ccccc4)CC3)c3c(C)nn(C4CCS(=O)(=O)C4)c3n2)cc1. The average molecular weight is 558 g/mol. The van der Waals surface area contributed by atoms with Crippen molar-refractivity contribution in [1.29, 1.82) is 0 Å². The Morgan fingerprint density at radius 1 is 0.975 bits per heavy atom. The molecule has 9 heteroatoms. The fraction of sp³-hybridized carbons (Fsp3) is 0.387. The largest absolute Gasteiger partial charge is 0.336 e. The van der Waals surface area contributed by atoms with Crippen LogP contribution in [0.15, 0.2) is 60.7 Å². The number of carbonyl (C=O) groups is 1. The normalized spacial score (nSPS) is 19.4. The summed E-state index contributed by atoms with van der Waals surface area (Å²) in [6.45, 7) is 7.77. The molecule has 0 N–H and O–H groups in total. The number of carbonyl (C=O) groups excluding carboxylic acids is 1. The van der Waals surface area contributed by atoms with E-state index in [0.29, 0.717) is 42.1 Å². The van der Waals surface area contributed by atoms with Crippen molar-refractivity contribution < 1.29 is 13.2 Å². The molecule has 0 aliphatic carbocycles. The van der Waals surface area contributed by atoms with E-state index in [9.17, 15) is 13.2 Å². The molecule has 0 bridgehead atoms. The van der Waals surface area contributed by atoms with E-state index in [1.54, 1.807) is 4.68 Å². The number of benzene rings is 2. The first-order chi connectivity index (χ1) is 19.3. The molecule has 4 aromatic rings. The van der Waals surface area contributed by atoms with Crippen LogP contribution in [0.3, 0.4) is 0 Å². The lowest BCUT2D eigenvalue weighted by atomic mass is 10.0. The molecule has 2 saturated heterocycles. The van der Waals surface area contributed by atoms with Gasteiger partial charge in [0, 0.05) is 38.3 Å². The minimum atomic E-state index is -3.11. The number of aryl methyl sites for hydroxylation is 2. The molecule has 2 aromatic carbocycles. The third-order valence-corrected chi connectivity index (χ3v) is 9.94. The summed E-state index contributed by atoms with van der Waals surface area (Å²) in [5.74, 6) is 0.169. The van der Waals surface area contributed by atoms with E-state index < -0.39 is 9.84 Å². The maximum absolute atomic E-state index is 14.1. The lowest BCUT2D eigenvalue weighted by molar-refractivity contribution is 0.0630. The molecular weight excluding hydrogens is 522 g/mol. The molecule has 0 saturated carbocycles. The lowest BCUT2D eigenvalue weighted by Gasteiger charge is -2.35. The zero-order chi connectivity index (χ0) is 27.9. The van der Waals surface area contributed by atoms with Crippen LogP contribution in [0.5, 0.6) is 0 Å². The topological polar surface area (TPSA) is 88.4 Å². The van der Waals surface area contributed by atoms with Crippen LogP contribution in [0, 0.1) is 6.92 Å². The number of piperazine rings is 1. The van der Waals surface area contributed by atoms with Gasteiger partial charge in [0.15, 0.2) is 15.5 Å². The molecule has 2 aliphatic rings. The minimum absolute atomic E-state index is 0.0279. The number of nitrogens with zero attached hydrogens (tertiary/aromatic N) is 5. The van der Waals surface area contributed by atoms with Gasteiger partial charge in [0.25, 0.3) is 5.91 Å². The van der Waals surface area contributed by atoms with E-state index >= 15 is 0 Å². The number of pyridine rings is 1. The van der Waals surface area contributed by atoms with Gasteiger partial charge in [-0.2, -0.15) is 5.10 Å². The molecule has 2 fully saturated rings. The van der Waals surface area contributed by atoms with Gasteiger partial charge in [-0.25, -0.2) is 18.1 Å². The second-order valence-corrected chi connectivity index (χ2v) is 13.2. The van der Waals surface area contributed by atoms with Gasteiger partial charge in [-0.15, -0.1) is 0 Å². The quantitative estimate of drug-likeness (QED) is 0.352. The van der Waals surface area contributed by atoms with Gasteiger partial charge in [0.2, 0.25) is 0 Å². The molecule has 208 valence electrons. The molecule has 2 aromatic heterocycles. The highest BCUT2D eigenvalue weighted by Crippen LogP contribution is 2.33. The first-order valence-electron chi connectivity index (χ1n) is 14.1. The lowest BCUT2D eigenvalue weighted by Crippen LogP contribution is -2.48. The maximum atomic E-state index is 14.1. The van der Waals surface area contributed by atoms with Crippen LogP contribution in [-0.2, 0) is 22.8 Å². The number of fused-ring (bicyclic) bond motifs is 1. The van der Waals surface area contributed by atoms with Crippen molar-refractivity contribution in [2.45, 2.75) is 39.3 Å². The number of aromatic nitrogens is 3. The molecule has 1 amide bonds. The predicted octanol–water partition coefficient (Wildman–Crippen LogP) is 4.29. The van der Waals surface area contributed by atoms with Crippen molar-refractivity contribution in [3.05, 3.63) is 83.0 Å². The number of hydrogen-bond donors (Lipinski definition) is 0. The van der Waals surface area contributed by atoms with Crippen LogP contribution in [0.1, 0.15) is 46.6 Å². The van der Waals surface area contributed by atoms with Gasteiger partial charge in [0.05, 0.1) is 39.9 Å². The maximum Gasteiger partial charge on any atom is 0.254 e. The van der Waals surface area contributed by atoms with Gasteiger partial charge in [-0.3, -0.25) is 9.69 Å². The fourth-order valence-electron chi connectivity index (χ4n) is 5.88. The Labute approximate surface area is 235 Å². The first-order valence-corrected chi connectivity index (χ1v) is 15.9. The van der Waals surface area contributed by atoms with Crippen LogP contribution in [-0.4, -0.2) is 76.6 Å². The zero-order valence-corrected chi connectivity index (χ0v) is 23.9. The number of amides is 1. The molecule has 4 heterocycles. The second kappa shape index (κ2) is 10.8. The molecule has 0 radical (unpaired) electrons. The Morgan fingerprint density at radius 2 is 1.70 bits per heavy atom. The highest BCUT2D eigenvalue weighted by molar-refractivity contribution is 7.91. The highest BCUT2D eigenvalue weighted by atomic mass is 32.2. The third kappa shape index (κ3) is 5.28. The number of hydrogen-bond acceptors (Lipinski definition) is 6. The first kappa shape index (κ1) is 26.7. The summed E-state index contributed by atoms with van der Waals surface area (Å²) >= 11 is 0. The van der Waals surface area contributed by atoms with Crippen LogP contribution in [0.25, 0.3) is 22.3 Å². The van der Waals surface area contributed by atoms with E-state index in [0.717, 1.165) is 37.0 Å². The number of sulfone groups is 1. The summed E-state index contributed by atoms with van der Waals surface area (Å²) in [5, 5.41) is 5.47. The summed E-state index contributed by atoms with van der Waals surface area (Å²) in [6.07, 6.45) is 1.44. The summed E-state index contributed by atoms with van der Waals surface area (Å²) in [7, 11) is -3.11. The van der Waals surface area contributed by atoms with E-state index in [-0.39, 0.29) is 23.5 Å². The monoisotopic (exact) mass is 557 g/mol. The highest BCUT2D eigenvalue weighted by Gasteiger charge is 2.33. The average Bonchev–Trinajstić information content (AvgIpc) is 3.51. The van der Waals surface area contributed by atoms with Crippen molar-refractivity contribution in [3.63, 3.8) is 0 Å². The van der Waals surface area contributed by atoms with E-state index in [1.807, 2.05) is 36.1 Å². The van der Waals surface area contributed by atoms with Crippen molar-refractivity contribution in [2.24, 2.45) is 0 Å². The molecule has 1 atom stereocenters. The minimum Gasteiger partial charge on any atom is -0.336 e. The Morgan fingerprint density at radius 3 is 2.35 bits per heavy atom. The van der Waals surface area contributed by atoms with Crippen LogP contribution in [0.4, 0.5) is 0 Å². The molecule has 6 rings (SSSR count). The predicted molar refractivity (Wildman–Crippen MR) is 157 cm³/mol. The van der Waals surface area contributed by atoms with Gasteiger partial charge >= 0.3 is 0 Å². The summed E-state index contributed by atoms with van der Waals surface area (Å²) < 4.78 is 26.4. The fourth-order valence-corrected chi connectivity index (χ4v) is 7.58. The Hall–Kier alpha value is -3.56. The molecule has 0 spiro atoms. The second-order valence-electron chi connectivity index (χ2n) is 10.9. The Balaban J connectivity index is 1.35. The van der Waals surface area contributed by atoms with Crippen LogP contribution >= 0.6 is 0 Å². The third-order valence-electron chi connectivity index (χ3n) is 8.19. The Bertz CT molecular complexity index is 1640. The van der Waals surface area contributed by atoms with Gasteiger partial charge in [-0.05, 0) is 37.0 Å². The van der Waals surface area contributed by atoms with Crippen molar-refractivity contribution >= 4 is 26.8 Å². The number of rotatable bonds is 6. The molecular formula is C31H35N5O3S. The van der Waals surface area contributed by atoms with Gasteiger partial charge in [-0.1, -0.05) is 61.5 Å². The molecule has 40 heavy (non-hydrogen) atoms. The van der Waals surface area contributed by atoms with Crippen molar-refractivity contribution in [2.75, 3.05) is 37.7 Å². The standard InChI is InChI=1S/C31H35N5O3S/c1-3-23-9-11-25(12-10-23)28-19-27(29-22(2)33-36(30(29)32-28)26-13-18-40(38,39)21-26)31(37)35-16-14-34(15-17-35)20-24-7-5-4-6-8-24/h4-12,19,26H,3,13-18,20-21H2,1-2H3. The smallest absolute Gasteiger partial charge is 0.254 e. The molecule has 2 aliphatic heterocycles. The van der Waals surface area contributed by atoms with Gasteiger partial charge < -0.3 is 4.90 Å². The molecule has 1 unspecified atom stereocenters. The zero-order valence-electron chi connectivity index (χ0n) is 23.1. The van der Waals surface area contributed by atoms with Crippen molar-refractivity contribution in [1.82, 2.24) is 24.6 Å². The van der Waals surface area contributed by atoms with E-state index in [2.05, 4.69) is 48.2 Å². The molecule has 8 nitrogen and oxygen atoms in total.